The first-order valence-corrected chi connectivity index (χ1v) is 8.76. The van der Waals surface area contributed by atoms with E-state index in [0.29, 0.717) is 5.58 Å². The molecule has 3 aromatic rings. The van der Waals surface area contributed by atoms with Crippen LogP contribution in [0.25, 0.3) is 11.0 Å². The highest BCUT2D eigenvalue weighted by Crippen LogP contribution is 2.37. The van der Waals surface area contributed by atoms with Crippen LogP contribution in [0.15, 0.2) is 45.9 Å². The Bertz CT molecular complexity index is 1010. The SMILES string of the molecule is CCc1cc[n+](CC2Cc3cc4c(C)cc(=O)oc4c(C)c3O2)cc1.[Br-]. The number of fused-ring (bicyclic) bond motifs is 2. The van der Waals surface area contributed by atoms with Crippen LogP contribution in [0.4, 0.5) is 0 Å². The van der Waals surface area contributed by atoms with Gasteiger partial charge in [-0.25, -0.2) is 9.36 Å². The number of ether oxygens (including phenoxy) is 1. The van der Waals surface area contributed by atoms with Crippen molar-refractivity contribution in [1.29, 1.82) is 0 Å². The highest BCUT2D eigenvalue weighted by molar-refractivity contribution is 5.86. The lowest BCUT2D eigenvalue weighted by Gasteiger charge is -2.10. The van der Waals surface area contributed by atoms with E-state index < -0.39 is 0 Å². The van der Waals surface area contributed by atoms with Crippen LogP contribution in [-0.4, -0.2) is 6.10 Å². The smallest absolute Gasteiger partial charge is 0.336 e. The summed E-state index contributed by atoms with van der Waals surface area (Å²) in [4.78, 5) is 11.7. The zero-order chi connectivity index (χ0) is 17.6. The molecule has 1 aromatic carbocycles. The van der Waals surface area contributed by atoms with Crippen molar-refractivity contribution in [2.75, 3.05) is 0 Å². The van der Waals surface area contributed by atoms with Crippen LogP contribution < -0.4 is 31.9 Å². The first-order chi connectivity index (χ1) is 12.0. The zero-order valence-electron chi connectivity index (χ0n) is 15.2. The van der Waals surface area contributed by atoms with E-state index in [1.807, 2.05) is 13.8 Å². The molecule has 5 heteroatoms. The van der Waals surface area contributed by atoms with Crippen molar-refractivity contribution in [3.8, 4) is 5.75 Å². The van der Waals surface area contributed by atoms with Gasteiger partial charge in [0.25, 0.3) is 0 Å². The predicted molar refractivity (Wildman–Crippen MR) is 96.1 cm³/mol. The minimum Gasteiger partial charge on any atom is -1.00 e. The van der Waals surface area contributed by atoms with Gasteiger partial charge in [-0.2, -0.15) is 0 Å². The number of aromatic nitrogens is 1. The van der Waals surface area contributed by atoms with Crippen LogP contribution in [0.2, 0.25) is 0 Å². The first-order valence-electron chi connectivity index (χ1n) is 8.76. The minimum absolute atomic E-state index is 0. The van der Waals surface area contributed by atoms with Crippen LogP contribution in [0.1, 0.15) is 29.2 Å². The van der Waals surface area contributed by atoms with Crippen molar-refractivity contribution in [2.24, 2.45) is 0 Å². The van der Waals surface area contributed by atoms with E-state index in [9.17, 15) is 4.79 Å². The highest BCUT2D eigenvalue weighted by Gasteiger charge is 2.29. The van der Waals surface area contributed by atoms with Crippen molar-refractivity contribution in [2.45, 2.75) is 46.3 Å². The van der Waals surface area contributed by atoms with Gasteiger partial charge in [0.05, 0.1) is 0 Å². The van der Waals surface area contributed by atoms with Crippen LogP contribution in [0.5, 0.6) is 5.75 Å². The molecule has 4 rings (SSSR count). The van der Waals surface area contributed by atoms with Gasteiger partial charge in [0.15, 0.2) is 25.0 Å². The van der Waals surface area contributed by atoms with Gasteiger partial charge in [0.1, 0.15) is 11.3 Å². The molecule has 2 aromatic heterocycles. The number of hydrogen-bond acceptors (Lipinski definition) is 3. The highest BCUT2D eigenvalue weighted by atomic mass is 79.9. The fourth-order valence-corrected chi connectivity index (χ4v) is 3.61. The summed E-state index contributed by atoms with van der Waals surface area (Å²) in [6.45, 7) is 6.88. The van der Waals surface area contributed by atoms with Crippen molar-refractivity contribution in [1.82, 2.24) is 0 Å². The Balaban J connectivity index is 0.00000196. The fourth-order valence-electron chi connectivity index (χ4n) is 3.61. The largest absolute Gasteiger partial charge is 1.00 e. The molecule has 1 unspecified atom stereocenters. The first kappa shape index (κ1) is 18.6. The third-order valence-corrected chi connectivity index (χ3v) is 5.01. The summed E-state index contributed by atoms with van der Waals surface area (Å²) in [6.07, 6.45) is 6.22. The normalized spacial score (nSPS) is 15.4. The van der Waals surface area contributed by atoms with E-state index in [0.717, 1.165) is 41.6 Å². The summed E-state index contributed by atoms with van der Waals surface area (Å²) in [5.41, 5.74) is 4.72. The maximum absolute atomic E-state index is 11.7. The average molecular weight is 416 g/mol. The Hall–Kier alpha value is -2.14. The van der Waals surface area contributed by atoms with Gasteiger partial charge in [-0.3, -0.25) is 0 Å². The third-order valence-electron chi connectivity index (χ3n) is 5.01. The Morgan fingerprint density at radius 2 is 1.92 bits per heavy atom. The Kier molecular flexibility index (Phi) is 5.19. The quantitative estimate of drug-likeness (QED) is 0.455. The lowest BCUT2D eigenvalue weighted by molar-refractivity contribution is -0.702. The maximum atomic E-state index is 11.7. The number of halogens is 1. The molecule has 0 saturated carbocycles. The zero-order valence-corrected chi connectivity index (χ0v) is 16.8. The van der Waals surface area contributed by atoms with Crippen LogP contribution >= 0.6 is 0 Å². The van der Waals surface area contributed by atoms with Gasteiger partial charge in [-0.05, 0) is 43.0 Å². The number of benzene rings is 1. The molecule has 0 aliphatic carbocycles. The lowest BCUT2D eigenvalue weighted by atomic mass is 10.0. The van der Waals surface area contributed by atoms with E-state index in [2.05, 4.69) is 42.1 Å². The van der Waals surface area contributed by atoms with Crippen LogP contribution in [-0.2, 0) is 19.4 Å². The second-order valence-electron chi connectivity index (χ2n) is 6.82. The summed E-state index contributed by atoms with van der Waals surface area (Å²) in [7, 11) is 0. The summed E-state index contributed by atoms with van der Waals surface area (Å²) in [6, 6.07) is 7.96. The lowest BCUT2D eigenvalue weighted by Crippen LogP contribution is -3.00. The predicted octanol–water partition coefficient (Wildman–Crippen LogP) is 0.267. The standard InChI is InChI=1S/C21H22NO3.BrH/c1-4-15-5-7-22(8-6-15)12-17-10-16-11-18-13(2)9-19(23)25-21(18)14(3)20(16)24-17;/h5-9,11,17H,4,10,12H2,1-3H3;1H/q+1;/p-1. The molecule has 0 radical (unpaired) electrons. The van der Waals surface area contributed by atoms with E-state index in [1.54, 1.807) is 6.07 Å². The van der Waals surface area contributed by atoms with Crippen molar-refractivity contribution in [3.63, 3.8) is 0 Å². The Morgan fingerprint density at radius 3 is 2.62 bits per heavy atom. The molecule has 0 saturated heterocycles. The third kappa shape index (κ3) is 3.28. The maximum Gasteiger partial charge on any atom is 0.336 e. The number of nitrogens with zero attached hydrogens (tertiary/aromatic N) is 1. The molecule has 0 bridgehead atoms. The van der Waals surface area contributed by atoms with Crippen molar-refractivity contribution >= 4 is 11.0 Å². The van der Waals surface area contributed by atoms with Gasteiger partial charge in [0.2, 0.25) is 0 Å². The van der Waals surface area contributed by atoms with E-state index in [1.165, 1.54) is 11.1 Å². The molecule has 0 amide bonds. The number of pyridine rings is 1. The van der Waals surface area contributed by atoms with Gasteiger partial charge >= 0.3 is 5.63 Å². The number of rotatable bonds is 3. The molecule has 1 atom stereocenters. The molecule has 0 spiro atoms. The second kappa shape index (κ2) is 7.23. The van der Waals surface area contributed by atoms with Gasteiger partial charge in [0, 0.05) is 35.6 Å². The molecule has 3 heterocycles. The Labute approximate surface area is 163 Å². The minimum atomic E-state index is -0.311. The average Bonchev–Trinajstić information content (AvgIpc) is 3.00. The molecule has 26 heavy (non-hydrogen) atoms. The van der Waals surface area contributed by atoms with Gasteiger partial charge < -0.3 is 26.1 Å². The van der Waals surface area contributed by atoms with E-state index in [-0.39, 0.29) is 28.7 Å². The van der Waals surface area contributed by atoms with Gasteiger partial charge in [-0.15, -0.1) is 0 Å². The fraction of sp³-hybridized carbons (Fsp3) is 0.333. The van der Waals surface area contributed by atoms with Crippen LogP contribution in [0, 0.1) is 13.8 Å². The summed E-state index contributed by atoms with van der Waals surface area (Å²) in [5.74, 6) is 0.872. The second-order valence-corrected chi connectivity index (χ2v) is 6.82. The molecule has 1 aliphatic rings. The topological polar surface area (TPSA) is 43.3 Å². The van der Waals surface area contributed by atoms with Crippen LogP contribution in [0.3, 0.4) is 0 Å². The van der Waals surface area contributed by atoms with E-state index in [4.69, 9.17) is 9.15 Å². The summed E-state index contributed by atoms with van der Waals surface area (Å²) >= 11 is 0. The van der Waals surface area contributed by atoms with E-state index >= 15 is 0 Å². The molecular weight excluding hydrogens is 394 g/mol. The monoisotopic (exact) mass is 415 g/mol. The number of hydrogen-bond donors (Lipinski definition) is 0. The molecular formula is C21H22BrNO3. The molecule has 4 nitrogen and oxygen atoms in total. The molecule has 1 aliphatic heterocycles. The number of aryl methyl sites for hydroxylation is 3. The van der Waals surface area contributed by atoms with Crippen molar-refractivity contribution < 1.29 is 30.7 Å². The summed E-state index contributed by atoms with van der Waals surface area (Å²) in [5, 5.41) is 1.00. The van der Waals surface area contributed by atoms with Crippen molar-refractivity contribution in [3.05, 3.63) is 69.3 Å². The summed E-state index contributed by atoms with van der Waals surface area (Å²) < 4.78 is 13.8. The molecule has 136 valence electrons. The molecule has 0 N–H and O–H groups in total. The van der Waals surface area contributed by atoms with Gasteiger partial charge in [-0.1, -0.05) is 6.92 Å². The molecule has 0 fully saturated rings. The Morgan fingerprint density at radius 1 is 1.19 bits per heavy atom.